The van der Waals surface area contributed by atoms with Crippen LogP contribution >= 0.6 is 0 Å². The molecule has 1 aromatic rings. The first-order valence-corrected chi connectivity index (χ1v) is 7.12. The van der Waals surface area contributed by atoms with E-state index in [0.717, 1.165) is 13.0 Å². The highest BCUT2D eigenvalue weighted by atomic mass is 16.2. The van der Waals surface area contributed by atoms with Crippen LogP contribution in [0.15, 0.2) is 24.3 Å². The topological polar surface area (TPSA) is 56.1 Å². The summed E-state index contributed by atoms with van der Waals surface area (Å²) in [5, 5.41) is 11.7. The molecule has 0 radical (unpaired) electrons. The molecular weight excluding hydrogens is 250 g/mol. The van der Waals surface area contributed by atoms with Crippen LogP contribution in [0.3, 0.4) is 0 Å². The smallest absolute Gasteiger partial charge is 0.238 e. The molecule has 20 heavy (non-hydrogen) atoms. The van der Waals surface area contributed by atoms with Crippen molar-refractivity contribution in [3.8, 4) is 6.07 Å². The summed E-state index contributed by atoms with van der Waals surface area (Å²) in [5.74, 6) is 0.641. The Morgan fingerprint density at radius 2 is 2.25 bits per heavy atom. The molecule has 1 fully saturated rings. The summed E-state index contributed by atoms with van der Waals surface area (Å²) in [5.41, 5.74) is 1.24. The van der Waals surface area contributed by atoms with E-state index in [-0.39, 0.29) is 5.91 Å². The molecule has 1 aromatic carbocycles. The summed E-state index contributed by atoms with van der Waals surface area (Å²) in [6.45, 7) is 5.80. The Kier molecular flexibility index (Phi) is 4.75. The second-order valence-corrected chi connectivity index (χ2v) is 5.70. The number of carbonyl (C=O) groups excluding carboxylic acids is 1. The summed E-state index contributed by atoms with van der Waals surface area (Å²) in [6, 6.07) is 9.54. The Hall–Kier alpha value is -1.86. The number of nitrogens with zero attached hydrogens (tertiary/aromatic N) is 2. The summed E-state index contributed by atoms with van der Waals surface area (Å²) >= 11 is 0. The second kappa shape index (κ2) is 6.53. The molecule has 0 aromatic heterocycles. The van der Waals surface area contributed by atoms with E-state index in [0.29, 0.717) is 29.8 Å². The van der Waals surface area contributed by atoms with E-state index >= 15 is 0 Å². The van der Waals surface area contributed by atoms with Crippen molar-refractivity contribution in [2.24, 2.45) is 5.92 Å². The van der Waals surface area contributed by atoms with Gasteiger partial charge in [-0.15, -0.1) is 0 Å². The SMILES string of the molecule is CC1CCC(C)N(CC(=O)Nc2cccc(C#N)c2)C1. The number of piperidine rings is 1. The standard InChI is InChI=1S/C16H21N3O/c1-12-6-7-13(2)19(10-12)11-16(20)18-15-5-3-4-14(8-15)9-17/h3-5,8,12-13H,6-7,10-11H2,1-2H3,(H,18,20). The van der Waals surface area contributed by atoms with Crippen molar-refractivity contribution in [1.29, 1.82) is 5.26 Å². The Labute approximate surface area is 120 Å². The third-order valence-corrected chi connectivity index (χ3v) is 3.87. The van der Waals surface area contributed by atoms with Gasteiger partial charge in [-0.1, -0.05) is 13.0 Å². The van der Waals surface area contributed by atoms with Gasteiger partial charge in [0.1, 0.15) is 0 Å². The van der Waals surface area contributed by atoms with Crippen LogP contribution in [0, 0.1) is 17.2 Å². The first kappa shape index (κ1) is 14.5. The van der Waals surface area contributed by atoms with Crippen molar-refractivity contribution in [2.75, 3.05) is 18.4 Å². The molecule has 0 bridgehead atoms. The largest absolute Gasteiger partial charge is 0.325 e. The van der Waals surface area contributed by atoms with E-state index in [2.05, 4.69) is 30.1 Å². The van der Waals surface area contributed by atoms with Gasteiger partial charge in [0, 0.05) is 18.3 Å². The quantitative estimate of drug-likeness (QED) is 0.919. The lowest BCUT2D eigenvalue weighted by Gasteiger charge is -2.36. The Balaban J connectivity index is 1.93. The summed E-state index contributed by atoms with van der Waals surface area (Å²) in [4.78, 5) is 14.3. The molecule has 2 unspecified atom stereocenters. The highest BCUT2D eigenvalue weighted by molar-refractivity contribution is 5.92. The molecule has 1 N–H and O–H groups in total. The number of benzene rings is 1. The molecule has 1 saturated heterocycles. The summed E-state index contributed by atoms with van der Waals surface area (Å²) < 4.78 is 0. The zero-order valence-corrected chi connectivity index (χ0v) is 12.1. The molecule has 0 aliphatic carbocycles. The van der Waals surface area contributed by atoms with Crippen molar-refractivity contribution in [2.45, 2.75) is 32.7 Å². The number of nitriles is 1. The molecule has 0 spiro atoms. The lowest BCUT2D eigenvalue weighted by atomic mass is 9.95. The maximum absolute atomic E-state index is 12.1. The molecule has 106 valence electrons. The first-order chi connectivity index (χ1) is 9.58. The van der Waals surface area contributed by atoms with Crippen molar-refractivity contribution >= 4 is 11.6 Å². The van der Waals surface area contributed by atoms with E-state index < -0.39 is 0 Å². The zero-order valence-electron chi connectivity index (χ0n) is 12.1. The molecule has 1 heterocycles. The van der Waals surface area contributed by atoms with Crippen LogP contribution in [0.4, 0.5) is 5.69 Å². The van der Waals surface area contributed by atoms with Gasteiger partial charge < -0.3 is 5.32 Å². The number of hydrogen-bond donors (Lipinski definition) is 1. The number of likely N-dealkylation sites (tertiary alicyclic amines) is 1. The van der Waals surface area contributed by atoms with E-state index in [4.69, 9.17) is 5.26 Å². The molecule has 4 nitrogen and oxygen atoms in total. The Morgan fingerprint density at radius 3 is 3.00 bits per heavy atom. The Morgan fingerprint density at radius 1 is 1.45 bits per heavy atom. The number of carbonyl (C=O) groups is 1. The average Bonchev–Trinajstić information content (AvgIpc) is 2.43. The Bertz CT molecular complexity index is 521. The van der Waals surface area contributed by atoms with Gasteiger partial charge >= 0.3 is 0 Å². The molecule has 1 amide bonds. The van der Waals surface area contributed by atoms with Gasteiger partial charge in [0.05, 0.1) is 18.2 Å². The third kappa shape index (κ3) is 3.82. The van der Waals surface area contributed by atoms with Crippen molar-refractivity contribution in [1.82, 2.24) is 4.90 Å². The number of rotatable bonds is 3. The highest BCUT2D eigenvalue weighted by Gasteiger charge is 2.24. The third-order valence-electron chi connectivity index (χ3n) is 3.87. The van der Waals surface area contributed by atoms with Gasteiger partial charge in [-0.05, 0) is 43.9 Å². The van der Waals surface area contributed by atoms with Crippen LogP contribution in [0.5, 0.6) is 0 Å². The maximum Gasteiger partial charge on any atom is 0.238 e. The number of nitrogens with one attached hydrogen (secondary N) is 1. The molecule has 1 aliphatic heterocycles. The van der Waals surface area contributed by atoms with Gasteiger partial charge in [0.2, 0.25) is 5.91 Å². The van der Waals surface area contributed by atoms with E-state index in [1.54, 1.807) is 24.3 Å². The summed E-state index contributed by atoms with van der Waals surface area (Å²) in [7, 11) is 0. The minimum absolute atomic E-state index is 0.0129. The minimum atomic E-state index is -0.0129. The van der Waals surface area contributed by atoms with Gasteiger partial charge in [-0.2, -0.15) is 5.26 Å². The minimum Gasteiger partial charge on any atom is -0.325 e. The second-order valence-electron chi connectivity index (χ2n) is 5.70. The normalized spacial score (nSPS) is 23.1. The van der Waals surface area contributed by atoms with Crippen LogP contribution in [-0.4, -0.2) is 29.9 Å². The molecule has 1 aliphatic rings. The van der Waals surface area contributed by atoms with E-state index in [9.17, 15) is 4.79 Å². The number of hydrogen-bond acceptors (Lipinski definition) is 3. The molecule has 2 atom stereocenters. The van der Waals surface area contributed by atoms with Gasteiger partial charge in [0.25, 0.3) is 0 Å². The molecule has 2 rings (SSSR count). The number of anilines is 1. The zero-order chi connectivity index (χ0) is 14.5. The van der Waals surface area contributed by atoms with Gasteiger partial charge in [-0.25, -0.2) is 0 Å². The van der Waals surface area contributed by atoms with Crippen LogP contribution in [0.25, 0.3) is 0 Å². The van der Waals surface area contributed by atoms with E-state index in [1.807, 2.05) is 0 Å². The van der Waals surface area contributed by atoms with Crippen LogP contribution in [0.1, 0.15) is 32.3 Å². The molecule has 4 heteroatoms. The molecular formula is C16H21N3O. The maximum atomic E-state index is 12.1. The van der Waals surface area contributed by atoms with Crippen molar-refractivity contribution in [3.63, 3.8) is 0 Å². The fourth-order valence-electron chi connectivity index (χ4n) is 2.65. The predicted octanol–water partition coefficient (Wildman–Crippen LogP) is 2.62. The van der Waals surface area contributed by atoms with Gasteiger partial charge in [0.15, 0.2) is 0 Å². The van der Waals surface area contributed by atoms with Crippen LogP contribution in [0.2, 0.25) is 0 Å². The van der Waals surface area contributed by atoms with Crippen molar-refractivity contribution < 1.29 is 4.79 Å². The van der Waals surface area contributed by atoms with Crippen LogP contribution < -0.4 is 5.32 Å². The fourth-order valence-corrected chi connectivity index (χ4v) is 2.65. The monoisotopic (exact) mass is 271 g/mol. The van der Waals surface area contributed by atoms with E-state index in [1.165, 1.54) is 6.42 Å². The highest BCUT2D eigenvalue weighted by Crippen LogP contribution is 2.21. The lowest BCUT2D eigenvalue weighted by molar-refractivity contribution is -0.118. The van der Waals surface area contributed by atoms with Crippen molar-refractivity contribution in [3.05, 3.63) is 29.8 Å². The number of amides is 1. The average molecular weight is 271 g/mol. The first-order valence-electron chi connectivity index (χ1n) is 7.12. The fraction of sp³-hybridized carbons (Fsp3) is 0.500. The van der Waals surface area contributed by atoms with Crippen LogP contribution in [-0.2, 0) is 4.79 Å². The summed E-state index contributed by atoms with van der Waals surface area (Å²) in [6.07, 6.45) is 2.39. The molecule has 0 saturated carbocycles. The predicted molar refractivity (Wildman–Crippen MR) is 79.2 cm³/mol. The van der Waals surface area contributed by atoms with Gasteiger partial charge in [-0.3, -0.25) is 9.69 Å². The lowest BCUT2D eigenvalue weighted by Crippen LogP contribution is -2.45.